The monoisotopic (exact) mass is 317 g/mol. The smallest absolute Gasteiger partial charge is 0.324 e. The predicted octanol–water partition coefficient (Wildman–Crippen LogP) is 2.36. The number of halogens is 1. The summed E-state index contributed by atoms with van der Waals surface area (Å²) in [6, 6.07) is 5.89. The van der Waals surface area contributed by atoms with Crippen LogP contribution in [0.3, 0.4) is 0 Å². The number of carbonyl (C=O) groups is 1. The summed E-state index contributed by atoms with van der Waals surface area (Å²) in [5.74, 6) is -1.12. The summed E-state index contributed by atoms with van der Waals surface area (Å²) in [6.45, 7) is 1.66. The molecule has 1 saturated heterocycles. The second-order valence-electron chi connectivity index (χ2n) is 5.07. The summed E-state index contributed by atoms with van der Waals surface area (Å²) in [5, 5.41) is 9.71. The Morgan fingerprint density at radius 3 is 2.70 bits per heavy atom. The van der Waals surface area contributed by atoms with Crippen molar-refractivity contribution < 1.29 is 18.3 Å². The molecule has 1 aromatic carbocycles. The minimum atomic E-state index is -3.87. The number of benzene rings is 1. The molecule has 2 rings (SSSR count). The van der Waals surface area contributed by atoms with Crippen LogP contribution in [0.1, 0.15) is 26.2 Å². The van der Waals surface area contributed by atoms with Gasteiger partial charge in [-0.3, -0.25) is 4.79 Å². The molecule has 0 spiro atoms. The molecule has 20 heavy (non-hydrogen) atoms. The van der Waals surface area contributed by atoms with Crippen LogP contribution < -0.4 is 0 Å². The Hall–Kier alpha value is -1.11. The summed E-state index contributed by atoms with van der Waals surface area (Å²) >= 11 is 5.82. The van der Waals surface area contributed by atoms with Crippen LogP contribution in [-0.2, 0) is 14.8 Å². The minimum absolute atomic E-state index is 0.0272. The summed E-state index contributed by atoms with van der Waals surface area (Å²) in [5.41, 5.74) is -1.40. The average Bonchev–Trinajstić information content (AvgIpc) is 2.39. The SMILES string of the molecule is CC1(C(=O)O)CCCCN1S(=O)(=O)c1cccc(Cl)c1. The van der Waals surface area contributed by atoms with E-state index in [2.05, 4.69) is 0 Å². The van der Waals surface area contributed by atoms with E-state index < -0.39 is 21.5 Å². The highest BCUT2D eigenvalue weighted by Gasteiger charge is 2.47. The molecule has 1 aromatic rings. The zero-order chi connectivity index (χ0) is 15.0. The highest BCUT2D eigenvalue weighted by Crippen LogP contribution is 2.34. The molecule has 1 heterocycles. The Bertz CT molecular complexity index is 631. The third kappa shape index (κ3) is 2.55. The molecule has 1 aliphatic heterocycles. The lowest BCUT2D eigenvalue weighted by Gasteiger charge is -2.40. The molecule has 1 atom stereocenters. The van der Waals surface area contributed by atoms with E-state index in [1.165, 1.54) is 25.1 Å². The van der Waals surface area contributed by atoms with Crippen LogP contribution in [0.2, 0.25) is 5.02 Å². The maximum absolute atomic E-state index is 12.7. The van der Waals surface area contributed by atoms with Crippen LogP contribution in [0.15, 0.2) is 29.2 Å². The van der Waals surface area contributed by atoms with E-state index in [1.807, 2.05) is 0 Å². The zero-order valence-corrected chi connectivity index (χ0v) is 12.6. The molecule has 1 N–H and O–H groups in total. The van der Waals surface area contributed by atoms with Gasteiger partial charge in [0.25, 0.3) is 0 Å². The molecule has 0 radical (unpaired) electrons. The Balaban J connectivity index is 2.49. The lowest BCUT2D eigenvalue weighted by Crippen LogP contribution is -2.57. The molecule has 0 aromatic heterocycles. The van der Waals surface area contributed by atoms with Gasteiger partial charge in [0.1, 0.15) is 5.54 Å². The van der Waals surface area contributed by atoms with Crippen molar-refractivity contribution in [1.29, 1.82) is 0 Å². The first-order chi connectivity index (χ1) is 9.28. The van der Waals surface area contributed by atoms with Crippen molar-refractivity contribution in [3.63, 3.8) is 0 Å². The van der Waals surface area contributed by atoms with Crippen LogP contribution in [0.4, 0.5) is 0 Å². The number of hydrogen-bond acceptors (Lipinski definition) is 3. The zero-order valence-electron chi connectivity index (χ0n) is 11.0. The number of piperidine rings is 1. The van der Waals surface area contributed by atoms with Crippen molar-refractivity contribution in [3.8, 4) is 0 Å². The number of sulfonamides is 1. The number of aliphatic carboxylic acids is 1. The Labute approximate surface area is 123 Å². The fourth-order valence-electron chi connectivity index (χ4n) is 2.45. The molecule has 1 aliphatic rings. The van der Waals surface area contributed by atoms with Crippen molar-refractivity contribution >= 4 is 27.6 Å². The van der Waals surface area contributed by atoms with Gasteiger partial charge in [-0.05, 0) is 44.4 Å². The van der Waals surface area contributed by atoms with Gasteiger partial charge in [-0.15, -0.1) is 0 Å². The first-order valence-corrected chi connectivity index (χ1v) is 8.12. The van der Waals surface area contributed by atoms with E-state index in [9.17, 15) is 18.3 Å². The van der Waals surface area contributed by atoms with Gasteiger partial charge in [-0.2, -0.15) is 4.31 Å². The van der Waals surface area contributed by atoms with E-state index in [4.69, 9.17) is 11.6 Å². The summed E-state index contributed by atoms with van der Waals surface area (Å²) in [6.07, 6.45) is 1.66. The highest BCUT2D eigenvalue weighted by atomic mass is 35.5. The number of carboxylic acids is 1. The molecule has 110 valence electrons. The molecule has 0 aliphatic carbocycles. The standard InChI is InChI=1S/C13H16ClNO4S/c1-13(12(16)17)7-2-3-8-15(13)20(18,19)11-6-4-5-10(14)9-11/h4-6,9H,2-3,7-8H2,1H3,(H,16,17). The first kappa shape index (κ1) is 15.3. The summed E-state index contributed by atoms with van der Waals surface area (Å²) < 4.78 is 26.4. The van der Waals surface area contributed by atoms with Crippen LogP contribution in [0.5, 0.6) is 0 Å². The summed E-state index contributed by atoms with van der Waals surface area (Å²) in [4.78, 5) is 11.5. The number of carboxylic acid groups (broad SMARTS) is 1. The molecule has 1 fully saturated rings. The van der Waals surface area contributed by atoms with E-state index in [-0.39, 0.29) is 11.4 Å². The van der Waals surface area contributed by atoms with Gasteiger partial charge in [0.15, 0.2) is 0 Å². The van der Waals surface area contributed by atoms with Gasteiger partial charge >= 0.3 is 5.97 Å². The van der Waals surface area contributed by atoms with E-state index in [1.54, 1.807) is 6.07 Å². The Kier molecular flexibility index (Phi) is 4.09. The Morgan fingerprint density at radius 2 is 2.10 bits per heavy atom. The van der Waals surface area contributed by atoms with Crippen molar-refractivity contribution in [2.75, 3.05) is 6.54 Å². The normalized spacial score (nSPS) is 24.5. The Morgan fingerprint density at radius 1 is 1.40 bits per heavy atom. The molecule has 0 amide bonds. The third-order valence-corrected chi connectivity index (χ3v) is 5.92. The van der Waals surface area contributed by atoms with Crippen molar-refractivity contribution in [2.45, 2.75) is 36.6 Å². The van der Waals surface area contributed by atoms with E-state index >= 15 is 0 Å². The third-order valence-electron chi connectivity index (χ3n) is 3.67. The molecule has 5 nitrogen and oxygen atoms in total. The molecule has 7 heteroatoms. The van der Waals surface area contributed by atoms with Crippen LogP contribution in [-0.4, -0.2) is 35.9 Å². The predicted molar refractivity (Wildman–Crippen MR) is 75.2 cm³/mol. The molecular formula is C13H16ClNO4S. The van der Waals surface area contributed by atoms with Gasteiger partial charge in [0.05, 0.1) is 4.90 Å². The fraction of sp³-hybridized carbons (Fsp3) is 0.462. The number of nitrogens with zero attached hydrogens (tertiary/aromatic N) is 1. The largest absolute Gasteiger partial charge is 0.480 e. The second-order valence-corrected chi connectivity index (χ2v) is 7.37. The molecule has 0 bridgehead atoms. The number of hydrogen-bond donors (Lipinski definition) is 1. The van der Waals surface area contributed by atoms with Crippen LogP contribution >= 0.6 is 11.6 Å². The topological polar surface area (TPSA) is 74.7 Å². The van der Waals surface area contributed by atoms with Crippen molar-refractivity contribution in [1.82, 2.24) is 4.31 Å². The lowest BCUT2D eigenvalue weighted by molar-refractivity contribution is -0.149. The van der Waals surface area contributed by atoms with Gasteiger partial charge in [-0.25, -0.2) is 8.42 Å². The molecular weight excluding hydrogens is 302 g/mol. The highest BCUT2D eigenvalue weighted by molar-refractivity contribution is 7.89. The average molecular weight is 318 g/mol. The number of rotatable bonds is 3. The quantitative estimate of drug-likeness (QED) is 0.928. The maximum atomic E-state index is 12.7. The van der Waals surface area contributed by atoms with Crippen molar-refractivity contribution in [2.24, 2.45) is 0 Å². The van der Waals surface area contributed by atoms with E-state index in [0.717, 1.165) is 4.31 Å². The van der Waals surface area contributed by atoms with Gasteiger partial charge in [0, 0.05) is 11.6 Å². The van der Waals surface area contributed by atoms with Crippen molar-refractivity contribution in [3.05, 3.63) is 29.3 Å². The lowest BCUT2D eigenvalue weighted by atomic mass is 9.91. The van der Waals surface area contributed by atoms with Gasteiger partial charge < -0.3 is 5.11 Å². The first-order valence-electron chi connectivity index (χ1n) is 6.30. The van der Waals surface area contributed by atoms with E-state index in [0.29, 0.717) is 24.3 Å². The molecule has 1 unspecified atom stereocenters. The van der Waals surface area contributed by atoms with Gasteiger partial charge in [0.2, 0.25) is 10.0 Å². The maximum Gasteiger partial charge on any atom is 0.324 e. The summed E-state index contributed by atoms with van der Waals surface area (Å²) in [7, 11) is -3.87. The van der Waals surface area contributed by atoms with Crippen LogP contribution in [0.25, 0.3) is 0 Å². The van der Waals surface area contributed by atoms with Crippen LogP contribution in [0, 0.1) is 0 Å². The fourth-order valence-corrected chi connectivity index (χ4v) is 4.56. The molecule has 0 saturated carbocycles. The second kappa shape index (κ2) is 5.35. The van der Waals surface area contributed by atoms with Gasteiger partial charge in [-0.1, -0.05) is 17.7 Å². The minimum Gasteiger partial charge on any atom is -0.480 e.